The van der Waals surface area contributed by atoms with Gasteiger partial charge in [-0.1, -0.05) is 17.9 Å². The second-order valence-corrected chi connectivity index (χ2v) is 5.70. The van der Waals surface area contributed by atoms with Crippen molar-refractivity contribution in [3.63, 3.8) is 0 Å². The molecule has 1 fully saturated rings. The highest BCUT2D eigenvalue weighted by Gasteiger charge is 2.11. The lowest BCUT2D eigenvalue weighted by Crippen LogP contribution is -2.31. The Kier molecular flexibility index (Phi) is 5.71. The van der Waals surface area contributed by atoms with Gasteiger partial charge in [-0.05, 0) is 17.7 Å². The maximum Gasteiger partial charge on any atom is 0.138 e. The van der Waals surface area contributed by atoms with Crippen LogP contribution in [0.2, 0.25) is 0 Å². The Labute approximate surface area is 118 Å². The van der Waals surface area contributed by atoms with E-state index in [9.17, 15) is 4.39 Å². The number of hydrogen-bond acceptors (Lipinski definition) is 3. The Hall–Kier alpha value is -1.02. The van der Waals surface area contributed by atoms with E-state index in [0.29, 0.717) is 12.0 Å². The van der Waals surface area contributed by atoms with Crippen LogP contribution in [-0.4, -0.2) is 41.2 Å². The fraction of sp³-hybridized carbons (Fsp3) is 0.467. The summed E-state index contributed by atoms with van der Waals surface area (Å²) in [6, 6.07) is 5.13. The van der Waals surface area contributed by atoms with Crippen LogP contribution in [0.15, 0.2) is 18.2 Å². The van der Waals surface area contributed by atoms with Crippen LogP contribution in [0.1, 0.15) is 17.5 Å². The number of halogens is 1. The topological polar surface area (TPSA) is 23.5 Å². The number of aliphatic hydroxyl groups excluding tert-OH is 1. The van der Waals surface area contributed by atoms with Gasteiger partial charge in [-0.2, -0.15) is 11.8 Å². The fourth-order valence-electron chi connectivity index (χ4n) is 2.00. The summed E-state index contributed by atoms with van der Waals surface area (Å²) in [5.41, 5.74) is 1.53. The van der Waals surface area contributed by atoms with Crippen molar-refractivity contribution in [2.45, 2.75) is 13.0 Å². The monoisotopic (exact) mass is 279 g/mol. The van der Waals surface area contributed by atoms with Crippen molar-refractivity contribution >= 4 is 11.8 Å². The molecule has 0 aromatic heterocycles. The van der Waals surface area contributed by atoms with Crippen LogP contribution in [-0.2, 0) is 6.54 Å². The van der Waals surface area contributed by atoms with E-state index in [-0.39, 0.29) is 12.4 Å². The molecule has 0 radical (unpaired) electrons. The standard InChI is InChI=1S/C15H18FNOS/c16-15-5-4-13(11-14(15)3-1-2-8-18)12-17-6-9-19-10-7-17/h4-5,11,18H,2,6-10,12H2. The van der Waals surface area contributed by atoms with E-state index in [1.165, 1.54) is 17.6 Å². The number of nitrogens with zero attached hydrogens (tertiary/aromatic N) is 1. The van der Waals surface area contributed by atoms with Crippen molar-refractivity contribution in [1.29, 1.82) is 0 Å². The Morgan fingerprint density at radius 2 is 2.11 bits per heavy atom. The highest BCUT2D eigenvalue weighted by molar-refractivity contribution is 7.99. The molecule has 19 heavy (non-hydrogen) atoms. The summed E-state index contributed by atoms with van der Waals surface area (Å²) in [7, 11) is 0. The first kappa shape index (κ1) is 14.4. The molecule has 102 valence electrons. The summed E-state index contributed by atoms with van der Waals surface area (Å²) >= 11 is 1.98. The lowest BCUT2D eigenvalue weighted by Gasteiger charge is -2.26. The van der Waals surface area contributed by atoms with Gasteiger partial charge in [0.2, 0.25) is 0 Å². The third-order valence-electron chi connectivity index (χ3n) is 3.00. The van der Waals surface area contributed by atoms with Crippen LogP contribution in [0.25, 0.3) is 0 Å². The zero-order chi connectivity index (χ0) is 13.5. The molecule has 0 aliphatic carbocycles. The van der Waals surface area contributed by atoms with E-state index < -0.39 is 0 Å². The van der Waals surface area contributed by atoms with Crippen LogP contribution < -0.4 is 0 Å². The largest absolute Gasteiger partial charge is 0.395 e. The molecule has 1 aliphatic heterocycles. The van der Waals surface area contributed by atoms with Crippen molar-refractivity contribution < 1.29 is 9.50 Å². The molecule has 0 saturated carbocycles. The normalized spacial score (nSPS) is 15.9. The fourth-order valence-corrected chi connectivity index (χ4v) is 2.98. The molecule has 4 heteroatoms. The lowest BCUT2D eigenvalue weighted by molar-refractivity contribution is 0.294. The van der Waals surface area contributed by atoms with Gasteiger partial charge in [0.1, 0.15) is 5.82 Å². The van der Waals surface area contributed by atoms with E-state index >= 15 is 0 Å². The second-order valence-electron chi connectivity index (χ2n) is 4.48. The van der Waals surface area contributed by atoms with Gasteiger partial charge in [0.05, 0.1) is 12.2 Å². The Morgan fingerprint density at radius 3 is 2.84 bits per heavy atom. The average Bonchev–Trinajstić information content (AvgIpc) is 2.44. The molecule has 2 nitrogen and oxygen atoms in total. The summed E-state index contributed by atoms with van der Waals surface area (Å²) in [5.74, 6) is 7.60. The zero-order valence-electron chi connectivity index (χ0n) is 10.9. The first-order valence-electron chi connectivity index (χ1n) is 6.48. The summed E-state index contributed by atoms with van der Waals surface area (Å²) < 4.78 is 13.6. The van der Waals surface area contributed by atoms with Gasteiger partial charge in [-0.25, -0.2) is 4.39 Å². The summed E-state index contributed by atoms with van der Waals surface area (Å²) in [6.45, 7) is 3.05. The van der Waals surface area contributed by atoms with Gasteiger partial charge in [-0.15, -0.1) is 0 Å². The molecular formula is C15H18FNOS. The van der Waals surface area contributed by atoms with Crippen LogP contribution in [0.5, 0.6) is 0 Å². The third kappa shape index (κ3) is 4.54. The van der Waals surface area contributed by atoms with E-state index in [4.69, 9.17) is 5.11 Å². The van der Waals surface area contributed by atoms with Crippen LogP contribution in [0, 0.1) is 17.7 Å². The van der Waals surface area contributed by atoms with E-state index in [2.05, 4.69) is 16.7 Å². The predicted molar refractivity (Wildman–Crippen MR) is 77.6 cm³/mol. The zero-order valence-corrected chi connectivity index (χ0v) is 11.7. The Balaban J connectivity index is 2.05. The highest BCUT2D eigenvalue weighted by Crippen LogP contribution is 2.15. The number of benzene rings is 1. The first-order valence-corrected chi connectivity index (χ1v) is 7.63. The minimum atomic E-state index is -0.289. The maximum absolute atomic E-state index is 13.6. The first-order chi connectivity index (χ1) is 9.29. The minimum absolute atomic E-state index is 0.0136. The number of rotatable bonds is 3. The molecule has 0 spiro atoms. The summed E-state index contributed by atoms with van der Waals surface area (Å²) in [4.78, 5) is 2.38. The van der Waals surface area contributed by atoms with Crippen LogP contribution in [0.4, 0.5) is 4.39 Å². The molecule has 0 amide bonds. The SMILES string of the molecule is OCCC#Cc1cc(CN2CCSCC2)ccc1F. The van der Waals surface area contributed by atoms with Crippen molar-refractivity contribution in [2.24, 2.45) is 0 Å². The van der Waals surface area contributed by atoms with Gasteiger partial charge >= 0.3 is 0 Å². The predicted octanol–water partition coefficient (Wildman–Crippen LogP) is 2.11. The number of aliphatic hydroxyl groups is 1. The second kappa shape index (κ2) is 7.54. The summed E-state index contributed by atoms with van der Waals surface area (Å²) in [5, 5.41) is 8.68. The van der Waals surface area contributed by atoms with Crippen LogP contribution >= 0.6 is 11.8 Å². The highest BCUT2D eigenvalue weighted by atomic mass is 32.2. The third-order valence-corrected chi connectivity index (χ3v) is 3.94. The molecule has 0 unspecified atom stereocenters. The van der Waals surface area contributed by atoms with Gasteiger partial charge in [0.15, 0.2) is 0 Å². The van der Waals surface area contributed by atoms with Gasteiger partial charge < -0.3 is 5.11 Å². The van der Waals surface area contributed by atoms with Gasteiger partial charge in [0, 0.05) is 37.6 Å². The van der Waals surface area contributed by atoms with E-state index in [0.717, 1.165) is 25.2 Å². The Morgan fingerprint density at radius 1 is 1.32 bits per heavy atom. The molecule has 1 N–H and O–H groups in total. The molecule has 1 aromatic rings. The van der Waals surface area contributed by atoms with Crippen molar-refractivity contribution in [2.75, 3.05) is 31.2 Å². The quantitative estimate of drug-likeness (QED) is 0.857. The molecular weight excluding hydrogens is 261 g/mol. The maximum atomic E-state index is 13.6. The Bertz CT molecular complexity index is 475. The average molecular weight is 279 g/mol. The van der Waals surface area contributed by atoms with E-state index in [1.807, 2.05) is 23.9 Å². The molecule has 1 saturated heterocycles. The number of hydrogen-bond donors (Lipinski definition) is 1. The molecule has 0 atom stereocenters. The smallest absolute Gasteiger partial charge is 0.138 e. The molecule has 1 heterocycles. The molecule has 2 rings (SSSR count). The number of thioether (sulfide) groups is 1. The molecule has 1 aromatic carbocycles. The van der Waals surface area contributed by atoms with Crippen molar-refractivity contribution in [1.82, 2.24) is 4.90 Å². The lowest BCUT2D eigenvalue weighted by atomic mass is 10.1. The van der Waals surface area contributed by atoms with Crippen molar-refractivity contribution in [3.05, 3.63) is 35.1 Å². The van der Waals surface area contributed by atoms with Gasteiger partial charge in [0.25, 0.3) is 0 Å². The molecule has 1 aliphatic rings. The van der Waals surface area contributed by atoms with Crippen LogP contribution in [0.3, 0.4) is 0 Å². The molecule has 0 bridgehead atoms. The minimum Gasteiger partial charge on any atom is -0.395 e. The van der Waals surface area contributed by atoms with Crippen molar-refractivity contribution in [3.8, 4) is 11.8 Å². The summed E-state index contributed by atoms with van der Waals surface area (Å²) in [6.07, 6.45) is 0.382. The van der Waals surface area contributed by atoms with Gasteiger partial charge in [-0.3, -0.25) is 4.90 Å². The van der Waals surface area contributed by atoms with E-state index in [1.54, 1.807) is 0 Å².